The lowest BCUT2D eigenvalue weighted by atomic mass is 9.94. The van der Waals surface area contributed by atoms with Crippen LogP contribution in [-0.2, 0) is 13.0 Å². The quantitative estimate of drug-likeness (QED) is 0.569. The first-order chi connectivity index (χ1) is 12.8. The predicted molar refractivity (Wildman–Crippen MR) is 99.7 cm³/mol. The summed E-state index contributed by atoms with van der Waals surface area (Å²) in [5.41, 5.74) is 5.01. The molecule has 0 bridgehead atoms. The van der Waals surface area contributed by atoms with Crippen LogP contribution in [0.15, 0.2) is 60.8 Å². The van der Waals surface area contributed by atoms with E-state index < -0.39 is 0 Å². The Labute approximate surface area is 150 Å². The zero-order chi connectivity index (χ0) is 17.5. The zero-order valence-corrected chi connectivity index (χ0v) is 14.3. The van der Waals surface area contributed by atoms with E-state index in [4.69, 9.17) is 0 Å². The molecule has 0 unspecified atom stereocenters. The Bertz CT molecular complexity index is 1110. The van der Waals surface area contributed by atoms with Gasteiger partial charge in [-0.3, -0.25) is 4.79 Å². The fourth-order valence-corrected chi connectivity index (χ4v) is 3.89. The molecule has 1 aliphatic rings. The van der Waals surface area contributed by atoms with Gasteiger partial charge in [0.15, 0.2) is 5.78 Å². The van der Waals surface area contributed by atoms with Crippen molar-refractivity contribution < 1.29 is 4.79 Å². The number of rotatable bonds is 3. The Morgan fingerprint density at radius 3 is 2.65 bits per heavy atom. The van der Waals surface area contributed by atoms with E-state index in [-0.39, 0.29) is 5.78 Å². The second-order valence-electron chi connectivity index (χ2n) is 6.69. The number of hydrogen-bond donors (Lipinski definition) is 0. The highest BCUT2D eigenvalue weighted by atomic mass is 16.1. The molecule has 2 heterocycles. The molecule has 0 fully saturated rings. The molecule has 2 aromatic carbocycles. The highest BCUT2D eigenvalue weighted by molar-refractivity contribution is 6.10. The maximum absolute atomic E-state index is 12.5. The van der Waals surface area contributed by atoms with Crippen LogP contribution in [0.4, 0.5) is 0 Å². The Morgan fingerprint density at radius 2 is 1.77 bits per heavy atom. The van der Waals surface area contributed by atoms with Crippen LogP contribution in [0.5, 0.6) is 0 Å². The Hall–Kier alpha value is -3.21. The molecular weight excluding hydrogens is 324 g/mol. The summed E-state index contributed by atoms with van der Waals surface area (Å²) in [6.45, 7) is 0.621. The van der Waals surface area contributed by atoms with Gasteiger partial charge in [-0.25, -0.2) is 4.68 Å². The largest absolute Gasteiger partial charge is 0.338 e. The Morgan fingerprint density at radius 1 is 0.962 bits per heavy atom. The number of nitrogens with zero attached hydrogens (tertiary/aromatic N) is 4. The third-order valence-corrected chi connectivity index (χ3v) is 5.06. The highest BCUT2D eigenvalue weighted by Crippen LogP contribution is 2.32. The third-order valence-electron chi connectivity index (χ3n) is 5.06. The van der Waals surface area contributed by atoms with Crippen molar-refractivity contribution in [2.75, 3.05) is 0 Å². The van der Waals surface area contributed by atoms with Gasteiger partial charge in [0.05, 0.1) is 18.4 Å². The van der Waals surface area contributed by atoms with Crippen molar-refractivity contribution in [3.05, 3.63) is 77.7 Å². The average Bonchev–Trinajstić information content (AvgIpc) is 3.27. The minimum absolute atomic E-state index is 0.258. The molecule has 4 aromatic rings. The number of fused-ring (bicyclic) bond motifs is 3. The third kappa shape index (κ3) is 2.36. The zero-order valence-electron chi connectivity index (χ0n) is 14.3. The first-order valence-corrected chi connectivity index (χ1v) is 8.91. The van der Waals surface area contributed by atoms with Crippen LogP contribution in [0, 0.1) is 0 Å². The number of benzene rings is 2. The standard InChI is InChI=1S/C21H18N4O/c26-20-12-6-11-19-21(20)17-9-4-5-10-18(17)24(19)13-15-14-25(23-22-15)16-7-2-1-3-8-16/h1-5,7-10,14H,6,11-13H2. The molecule has 2 aromatic heterocycles. The molecule has 0 radical (unpaired) electrons. The summed E-state index contributed by atoms with van der Waals surface area (Å²) in [7, 11) is 0. The van der Waals surface area contributed by atoms with Gasteiger partial charge in [0.2, 0.25) is 0 Å². The fourth-order valence-electron chi connectivity index (χ4n) is 3.89. The monoisotopic (exact) mass is 342 g/mol. The summed E-state index contributed by atoms with van der Waals surface area (Å²) in [6, 6.07) is 18.1. The first kappa shape index (κ1) is 15.1. The minimum Gasteiger partial charge on any atom is -0.338 e. The summed E-state index contributed by atoms with van der Waals surface area (Å²) in [6.07, 6.45) is 4.45. The van der Waals surface area contributed by atoms with Crippen molar-refractivity contribution in [2.45, 2.75) is 25.8 Å². The summed E-state index contributed by atoms with van der Waals surface area (Å²) >= 11 is 0. The number of aromatic nitrogens is 4. The Kier molecular flexibility index (Phi) is 3.45. The number of Topliss-reactive ketones (excluding diaryl/α,β-unsaturated/α-hetero) is 1. The number of carbonyl (C=O) groups is 1. The Balaban J connectivity index is 1.59. The SMILES string of the molecule is O=C1CCCc2c1c1ccccc1n2Cc1cn(-c2ccccc2)nn1. The van der Waals surface area contributed by atoms with E-state index in [1.807, 2.05) is 48.7 Å². The van der Waals surface area contributed by atoms with Gasteiger partial charge >= 0.3 is 0 Å². The maximum atomic E-state index is 12.5. The van der Waals surface area contributed by atoms with E-state index in [9.17, 15) is 4.79 Å². The minimum atomic E-state index is 0.258. The molecule has 128 valence electrons. The highest BCUT2D eigenvalue weighted by Gasteiger charge is 2.25. The van der Waals surface area contributed by atoms with Gasteiger partial charge in [0.25, 0.3) is 0 Å². The molecule has 0 amide bonds. The van der Waals surface area contributed by atoms with Gasteiger partial charge in [-0.1, -0.05) is 41.6 Å². The van der Waals surface area contributed by atoms with Gasteiger partial charge < -0.3 is 4.57 Å². The molecule has 0 aliphatic heterocycles. The lowest BCUT2D eigenvalue weighted by Crippen LogP contribution is -2.14. The van der Waals surface area contributed by atoms with Crippen molar-refractivity contribution in [1.82, 2.24) is 19.6 Å². The van der Waals surface area contributed by atoms with Crippen LogP contribution in [0.1, 0.15) is 34.6 Å². The molecule has 5 rings (SSSR count). The van der Waals surface area contributed by atoms with E-state index in [0.717, 1.165) is 46.4 Å². The number of carbonyl (C=O) groups excluding carboxylic acids is 1. The second-order valence-corrected chi connectivity index (χ2v) is 6.69. The van der Waals surface area contributed by atoms with Crippen molar-refractivity contribution in [1.29, 1.82) is 0 Å². The van der Waals surface area contributed by atoms with Crippen LogP contribution >= 0.6 is 0 Å². The molecular formula is C21H18N4O. The predicted octanol–water partition coefficient (Wildman–Crippen LogP) is 3.79. The van der Waals surface area contributed by atoms with Crippen molar-refractivity contribution in [2.24, 2.45) is 0 Å². The molecule has 0 saturated carbocycles. The van der Waals surface area contributed by atoms with Crippen LogP contribution in [-0.4, -0.2) is 25.3 Å². The van der Waals surface area contributed by atoms with Gasteiger partial charge in [-0.15, -0.1) is 5.10 Å². The first-order valence-electron chi connectivity index (χ1n) is 8.91. The fraction of sp³-hybridized carbons (Fsp3) is 0.190. The molecule has 1 aliphatic carbocycles. The lowest BCUT2D eigenvalue weighted by Gasteiger charge is -2.14. The molecule has 0 atom stereocenters. The van der Waals surface area contributed by atoms with Crippen LogP contribution in [0.25, 0.3) is 16.6 Å². The summed E-state index contributed by atoms with van der Waals surface area (Å²) in [5.74, 6) is 0.258. The topological polar surface area (TPSA) is 52.7 Å². The van der Waals surface area contributed by atoms with Crippen LogP contribution < -0.4 is 0 Å². The van der Waals surface area contributed by atoms with E-state index in [0.29, 0.717) is 13.0 Å². The summed E-state index contributed by atoms with van der Waals surface area (Å²) in [5, 5.41) is 9.67. The molecule has 5 nitrogen and oxygen atoms in total. The van der Waals surface area contributed by atoms with Gasteiger partial charge in [-0.05, 0) is 31.0 Å². The van der Waals surface area contributed by atoms with Crippen molar-refractivity contribution >= 4 is 16.7 Å². The van der Waals surface area contributed by atoms with E-state index in [1.54, 1.807) is 4.68 Å². The second kappa shape index (κ2) is 5.95. The van der Waals surface area contributed by atoms with Crippen molar-refractivity contribution in [3.63, 3.8) is 0 Å². The molecule has 0 N–H and O–H groups in total. The summed E-state index contributed by atoms with van der Waals surface area (Å²) < 4.78 is 4.03. The molecule has 0 spiro atoms. The van der Waals surface area contributed by atoms with Crippen LogP contribution in [0.3, 0.4) is 0 Å². The van der Waals surface area contributed by atoms with Crippen LogP contribution in [0.2, 0.25) is 0 Å². The number of ketones is 1. The summed E-state index contributed by atoms with van der Waals surface area (Å²) in [4.78, 5) is 12.5. The maximum Gasteiger partial charge on any atom is 0.165 e. The smallest absolute Gasteiger partial charge is 0.165 e. The molecule has 5 heteroatoms. The molecule has 0 saturated heterocycles. The lowest BCUT2D eigenvalue weighted by molar-refractivity contribution is 0.0973. The average molecular weight is 342 g/mol. The van der Waals surface area contributed by atoms with E-state index in [2.05, 4.69) is 27.0 Å². The van der Waals surface area contributed by atoms with Gasteiger partial charge in [0.1, 0.15) is 5.69 Å². The number of para-hydroxylation sites is 2. The normalized spacial score (nSPS) is 13.9. The van der Waals surface area contributed by atoms with Gasteiger partial charge in [-0.2, -0.15) is 0 Å². The number of hydrogen-bond acceptors (Lipinski definition) is 3. The van der Waals surface area contributed by atoms with Crippen molar-refractivity contribution in [3.8, 4) is 5.69 Å². The van der Waals surface area contributed by atoms with Gasteiger partial charge in [0, 0.05) is 28.6 Å². The molecule has 26 heavy (non-hydrogen) atoms. The van der Waals surface area contributed by atoms with E-state index >= 15 is 0 Å². The van der Waals surface area contributed by atoms with E-state index in [1.165, 1.54) is 0 Å².